The number of rotatable bonds is 5. The van der Waals surface area contributed by atoms with E-state index in [1.54, 1.807) is 0 Å². The Bertz CT molecular complexity index is 86.2. The Kier molecular flexibility index (Phi) is 6.96. The Labute approximate surface area is 58.3 Å². The van der Waals surface area contributed by atoms with Crippen LogP contribution in [0.15, 0.2) is 12.3 Å². The predicted octanol–water partition coefficient (Wildman–Crippen LogP) is 3.10. The second-order valence-corrected chi connectivity index (χ2v) is 2.16. The molecule has 0 saturated carbocycles. The zero-order valence-electron chi connectivity index (χ0n) is 6.24. The van der Waals surface area contributed by atoms with E-state index in [1.807, 2.05) is 0 Å². The van der Waals surface area contributed by atoms with Crippen LogP contribution in [-0.4, -0.2) is 0 Å². The molecule has 0 rings (SSSR count). The number of hydrogen-bond acceptors (Lipinski definition) is 0. The second-order valence-electron chi connectivity index (χ2n) is 2.16. The molecule has 0 aliphatic rings. The summed E-state index contributed by atoms with van der Waals surface area (Å²) in [5.41, 5.74) is 2.64. The van der Waals surface area contributed by atoms with Gasteiger partial charge in [0.2, 0.25) is 0 Å². The topological polar surface area (TPSA) is 0 Å². The first-order valence-electron chi connectivity index (χ1n) is 3.66. The average molecular weight is 123 g/mol. The fourth-order valence-electron chi connectivity index (χ4n) is 0.729. The summed E-state index contributed by atoms with van der Waals surface area (Å²) in [7, 11) is 0. The molecule has 0 aliphatic carbocycles. The van der Waals surface area contributed by atoms with Crippen LogP contribution < -0.4 is 0 Å². The Morgan fingerprint density at radius 2 is 2.11 bits per heavy atom. The highest BCUT2D eigenvalue weighted by atomic mass is 13.9. The van der Waals surface area contributed by atoms with E-state index in [1.165, 1.54) is 25.7 Å². The molecule has 0 N–H and O–H groups in total. The molecule has 0 aromatic carbocycles. The van der Waals surface area contributed by atoms with Gasteiger partial charge in [-0.15, -0.1) is 0 Å². The Morgan fingerprint density at radius 3 is 2.67 bits per heavy atom. The minimum atomic E-state index is 1.03. The van der Waals surface area contributed by atoms with E-state index in [4.69, 9.17) is 0 Å². The molecular formula is C9H15+. The number of unbranched alkanes of at least 4 members (excludes halogenated alkanes) is 4. The van der Waals surface area contributed by atoms with Crippen LogP contribution in [-0.2, 0) is 0 Å². The molecule has 0 atom stereocenters. The third kappa shape index (κ3) is 7.43. The van der Waals surface area contributed by atoms with Gasteiger partial charge in [0, 0.05) is 0 Å². The van der Waals surface area contributed by atoms with Crippen molar-refractivity contribution in [3.05, 3.63) is 18.4 Å². The first-order chi connectivity index (χ1) is 4.41. The van der Waals surface area contributed by atoms with E-state index in [0.29, 0.717) is 0 Å². The van der Waals surface area contributed by atoms with Gasteiger partial charge in [-0.05, 0) is 6.42 Å². The summed E-state index contributed by atoms with van der Waals surface area (Å²) in [5.74, 6) is 0. The van der Waals surface area contributed by atoms with Crippen LogP contribution in [0.25, 0.3) is 0 Å². The van der Waals surface area contributed by atoms with Crippen molar-refractivity contribution in [1.29, 1.82) is 0 Å². The van der Waals surface area contributed by atoms with Crippen LogP contribution in [0.4, 0.5) is 0 Å². The van der Waals surface area contributed by atoms with Gasteiger partial charge in [-0.1, -0.05) is 26.2 Å². The SMILES string of the molecule is C=C=[C+]CCCCCC. The molecule has 0 amide bonds. The predicted molar refractivity (Wildman–Crippen MR) is 41.1 cm³/mol. The first-order valence-corrected chi connectivity index (χ1v) is 3.66. The third-order valence-corrected chi connectivity index (χ3v) is 1.28. The summed E-state index contributed by atoms with van der Waals surface area (Å²) in [6, 6.07) is 0. The maximum absolute atomic E-state index is 3.44. The number of allylic oxidation sites excluding steroid dienone is 1. The molecule has 0 heteroatoms. The van der Waals surface area contributed by atoms with Crippen LogP contribution >= 0.6 is 0 Å². The summed E-state index contributed by atoms with van der Waals surface area (Å²) in [6.07, 6.45) is 9.20. The van der Waals surface area contributed by atoms with Crippen LogP contribution in [0.3, 0.4) is 0 Å². The summed E-state index contributed by atoms with van der Waals surface area (Å²) in [6.45, 7) is 5.66. The lowest BCUT2D eigenvalue weighted by Crippen LogP contribution is -1.72. The average Bonchev–Trinajstić information content (AvgIpc) is 1.89. The minimum Gasteiger partial charge on any atom is -0.0654 e. The van der Waals surface area contributed by atoms with Crippen LogP contribution in [0.1, 0.15) is 39.0 Å². The smallest absolute Gasteiger partial charge is 0.0654 e. The van der Waals surface area contributed by atoms with Crippen LogP contribution in [0, 0.1) is 6.08 Å². The molecule has 0 fully saturated rings. The second kappa shape index (κ2) is 7.43. The lowest BCUT2D eigenvalue weighted by atomic mass is 10.1. The molecule has 0 aromatic heterocycles. The van der Waals surface area contributed by atoms with Gasteiger partial charge in [-0.25, -0.2) is 0 Å². The van der Waals surface area contributed by atoms with E-state index < -0.39 is 0 Å². The summed E-state index contributed by atoms with van der Waals surface area (Å²) in [5, 5.41) is 0. The van der Waals surface area contributed by atoms with Crippen LogP contribution in [0.2, 0.25) is 0 Å². The van der Waals surface area contributed by atoms with Gasteiger partial charge in [0.1, 0.15) is 11.8 Å². The maximum Gasteiger partial charge on any atom is 0.135 e. The van der Waals surface area contributed by atoms with Gasteiger partial charge >= 0.3 is 0 Å². The highest BCUT2D eigenvalue weighted by Crippen LogP contribution is 2.01. The van der Waals surface area contributed by atoms with Gasteiger partial charge in [0.15, 0.2) is 0 Å². The molecule has 0 aliphatic heterocycles. The Hall–Kier alpha value is -0.570. The van der Waals surface area contributed by atoms with Gasteiger partial charge in [0.25, 0.3) is 0 Å². The minimum absolute atomic E-state index is 1.03. The molecule has 0 bridgehead atoms. The van der Waals surface area contributed by atoms with Crippen molar-refractivity contribution < 1.29 is 0 Å². The molecule has 0 aromatic rings. The fraction of sp³-hybridized carbons (Fsp3) is 0.667. The van der Waals surface area contributed by atoms with Crippen molar-refractivity contribution in [1.82, 2.24) is 0 Å². The molecule has 0 nitrogen and oxygen atoms in total. The van der Waals surface area contributed by atoms with Gasteiger partial charge < -0.3 is 0 Å². The summed E-state index contributed by atoms with van der Waals surface area (Å²) >= 11 is 0. The van der Waals surface area contributed by atoms with E-state index >= 15 is 0 Å². The third-order valence-electron chi connectivity index (χ3n) is 1.28. The molecule has 0 spiro atoms. The fourth-order valence-corrected chi connectivity index (χ4v) is 0.729. The first kappa shape index (κ1) is 8.43. The van der Waals surface area contributed by atoms with Crippen molar-refractivity contribution in [3.8, 4) is 0 Å². The van der Waals surface area contributed by atoms with Gasteiger partial charge in [0.05, 0.1) is 13.0 Å². The Balaban J connectivity index is 2.82. The summed E-state index contributed by atoms with van der Waals surface area (Å²) in [4.78, 5) is 0. The van der Waals surface area contributed by atoms with Crippen molar-refractivity contribution in [3.63, 3.8) is 0 Å². The summed E-state index contributed by atoms with van der Waals surface area (Å²) < 4.78 is 0. The number of hydrogen-bond donors (Lipinski definition) is 0. The monoisotopic (exact) mass is 123 g/mol. The Morgan fingerprint density at radius 1 is 1.33 bits per heavy atom. The molecule has 0 saturated heterocycles. The van der Waals surface area contributed by atoms with Gasteiger partial charge in [-0.3, -0.25) is 0 Å². The zero-order chi connectivity index (χ0) is 6.95. The van der Waals surface area contributed by atoms with Crippen molar-refractivity contribution in [2.75, 3.05) is 0 Å². The molecular weight excluding hydrogens is 108 g/mol. The zero-order valence-corrected chi connectivity index (χ0v) is 6.24. The molecule has 0 unspecified atom stereocenters. The van der Waals surface area contributed by atoms with E-state index in [2.05, 4.69) is 25.3 Å². The quantitative estimate of drug-likeness (QED) is 0.299. The van der Waals surface area contributed by atoms with Crippen molar-refractivity contribution in [2.45, 2.75) is 39.0 Å². The van der Waals surface area contributed by atoms with E-state index in [0.717, 1.165) is 6.42 Å². The van der Waals surface area contributed by atoms with E-state index in [9.17, 15) is 0 Å². The lowest BCUT2D eigenvalue weighted by molar-refractivity contribution is 0.670. The van der Waals surface area contributed by atoms with Crippen LogP contribution in [0.5, 0.6) is 0 Å². The van der Waals surface area contributed by atoms with Crippen molar-refractivity contribution in [2.24, 2.45) is 0 Å². The lowest BCUT2D eigenvalue weighted by Gasteiger charge is -1.88. The largest absolute Gasteiger partial charge is 0.135 e. The highest BCUT2D eigenvalue weighted by Gasteiger charge is 1.86. The maximum atomic E-state index is 3.44. The van der Waals surface area contributed by atoms with Crippen molar-refractivity contribution >= 4 is 0 Å². The highest BCUT2D eigenvalue weighted by molar-refractivity contribution is 4.65. The van der Waals surface area contributed by atoms with Gasteiger partial charge in [-0.2, -0.15) is 0 Å². The standard InChI is InChI=1S/C9H15/c1-3-5-7-9-8-6-4-2/h1,4,6-9H2,2H3/q+1. The molecule has 0 radical (unpaired) electrons. The molecule has 50 valence electrons. The molecule has 9 heavy (non-hydrogen) atoms. The normalized spacial score (nSPS) is 8.11. The molecule has 0 heterocycles. The van der Waals surface area contributed by atoms with E-state index in [-0.39, 0.29) is 0 Å².